The van der Waals surface area contributed by atoms with Crippen molar-refractivity contribution in [2.75, 3.05) is 5.32 Å². The Morgan fingerprint density at radius 3 is 2.35 bits per heavy atom. The van der Waals surface area contributed by atoms with Crippen LogP contribution in [0.1, 0.15) is 32.0 Å². The fraction of sp³-hybridized carbons (Fsp3) is 0.240. The molecule has 0 bridgehead atoms. The van der Waals surface area contributed by atoms with Gasteiger partial charge in [-0.05, 0) is 67.8 Å². The van der Waals surface area contributed by atoms with Gasteiger partial charge in [-0.15, -0.1) is 0 Å². The van der Waals surface area contributed by atoms with Crippen molar-refractivity contribution in [2.45, 2.75) is 37.5 Å². The molecule has 31 heavy (non-hydrogen) atoms. The fourth-order valence-electron chi connectivity index (χ4n) is 2.88. The second kappa shape index (κ2) is 10.6. The van der Waals surface area contributed by atoms with Crippen LogP contribution in [0.25, 0.3) is 0 Å². The van der Waals surface area contributed by atoms with Crippen LogP contribution in [0.4, 0.5) is 5.69 Å². The van der Waals surface area contributed by atoms with Gasteiger partial charge in [0.15, 0.2) is 0 Å². The molecule has 1 aromatic heterocycles. The van der Waals surface area contributed by atoms with Crippen molar-refractivity contribution in [1.82, 2.24) is 4.98 Å². The third kappa shape index (κ3) is 6.59. The van der Waals surface area contributed by atoms with E-state index in [0.29, 0.717) is 27.9 Å². The number of nitriles is 1. The number of anilines is 1. The molecule has 1 heterocycles. The summed E-state index contributed by atoms with van der Waals surface area (Å²) in [5.41, 5.74) is 2.09. The molecule has 1 amide bonds. The highest BCUT2D eigenvalue weighted by Crippen LogP contribution is 2.27. The molecule has 3 aromatic rings. The van der Waals surface area contributed by atoms with Crippen LogP contribution < -0.4 is 10.1 Å². The molecule has 0 saturated carbocycles. The predicted molar refractivity (Wildman–Crippen MR) is 124 cm³/mol. The number of thioether (sulfide) groups is 1. The molecule has 5 nitrogen and oxygen atoms in total. The quantitative estimate of drug-likeness (QED) is 0.439. The number of ether oxygens (including phenoxy) is 1. The summed E-state index contributed by atoms with van der Waals surface area (Å²) in [5.74, 6) is 1.76. The monoisotopic (exact) mass is 431 g/mol. The highest BCUT2D eigenvalue weighted by atomic mass is 32.2. The molecule has 0 saturated heterocycles. The van der Waals surface area contributed by atoms with E-state index in [2.05, 4.69) is 30.2 Å². The zero-order valence-electron chi connectivity index (χ0n) is 17.8. The summed E-state index contributed by atoms with van der Waals surface area (Å²) >= 11 is 1.30. The van der Waals surface area contributed by atoms with Crippen molar-refractivity contribution in [3.63, 3.8) is 0 Å². The van der Waals surface area contributed by atoms with E-state index in [-0.39, 0.29) is 5.91 Å². The second-order valence-corrected chi connectivity index (χ2v) is 8.88. The summed E-state index contributed by atoms with van der Waals surface area (Å²) in [5, 5.41) is 12.5. The Morgan fingerprint density at radius 2 is 1.71 bits per heavy atom. The smallest absolute Gasteiger partial charge is 0.237 e. The lowest BCUT2D eigenvalue weighted by atomic mass is 10.1. The zero-order valence-corrected chi connectivity index (χ0v) is 18.6. The van der Waals surface area contributed by atoms with Gasteiger partial charge in [-0.3, -0.25) is 4.79 Å². The highest BCUT2D eigenvalue weighted by Gasteiger charge is 2.18. The van der Waals surface area contributed by atoms with Gasteiger partial charge in [0.1, 0.15) is 22.6 Å². The van der Waals surface area contributed by atoms with Gasteiger partial charge in [0.25, 0.3) is 0 Å². The number of carbonyl (C=O) groups is 1. The molecular weight excluding hydrogens is 406 g/mol. The van der Waals surface area contributed by atoms with Crippen molar-refractivity contribution in [3.8, 4) is 17.6 Å². The minimum absolute atomic E-state index is 0.151. The third-order valence-corrected chi connectivity index (χ3v) is 5.52. The molecule has 2 aromatic carbocycles. The molecule has 1 unspecified atom stereocenters. The van der Waals surface area contributed by atoms with E-state index < -0.39 is 5.25 Å². The third-order valence-electron chi connectivity index (χ3n) is 4.41. The molecule has 0 fully saturated rings. The Balaban J connectivity index is 1.62. The van der Waals surface area contributed by atoms with Gasteiger partial charge in [-0.2, -0.15) is 5.26 Å². The van der Waals surface area contributed by atoms with Crippen molar-refractivity contribution in [2.24, 2.45) is 5.92 Å². The average Bonchev–Trinajstić information content (AvgIpc) is 2.75. The molecule has 0 radical (unpaired) electrons. The number of benzene rings is 2. The molecule has 1 atom stereocenters. The first-order valence-corrected chi connectivity index (χ1v) is 11.0. The normalized spacial score (nSPS) is 11.6. The SMILES string of the molecule is CC(C)Cc1ccc(C#N)c(SC(C)C(=O)Nc2ccc(Oc3ccccc3)cc2)n1. The first-order chi connectivity index (χ1) is 14.9. The minimum atomic E-state index is -0.408. The maximum atomic E-state index is 12.7. The molecular formula is C25H25N3O2S. The number of hydrogen-bond acceptors (Lipinski definition) is 5. The largest absolute Gasteiger partial charge is 0.457 e. The lowest BCUT2D eigenvalue weighted by molar-refractivity contribution is -0.115. The van der Waals surface area contributed by atoms with Crippen LogP contribution in [-0.4, -0.2) is 16.1 Å². The van der Waals surface area contributed by atoms with Gasteiger partial charge in [-0.25, -0.2) is 4.98 Å². The number of aromatic nitrogens is 1. The molecule has 0 spiro atoms. The summed E-state index contributed by atoms with van der Waals surface area (Å²) in [6.07, 6.45) is 0.831. The van der Waals surface area contributed by atoms with E-state index in [4.69, 9.17) is 4.74 Å². The minimum Gasteiger partial charge on any atom is -0.457 e. The number of para-hydroxylation sites is 1. The molecule has 0 aliphatic carbocycles. The topological polar surface area (TPSA) is 75.0 Å². The maximum absolute atomic E-state index is 12.7. The van der Waals surface area contributed by atoms with Gasteiger partial charge in [-0.1, -0.05) is 43.8 Å². The first kappa shape index (κ1) is 22.4. The van der Waals surface area contributed by atoms with Crippen LogP contribution in [0.2, 0.25) is 0 Å². The number of nitrogens with zero attached hydrogens (tertiary/aromatic N) is 2. The van der Waals surface area contributed by atoms with E-state index in [9.17, 15) is 10.1 Å². The summed E-state index contributed by atoms with van der Waals surface area (Å²) in [7, 11) is 0. The van der Waals surface area contributed by atoms with Crippen LogP contribution in [0, 0.1) is 17.2 Å². The number of carbonyl (C=O) groups excluding carboxylic acids is 1. The first-order valence-electron chi connectivity index (χ1n) is 10.1. The van der Waals surface area contributed by atoms with Crippen LogP contribution in [0.15, 0.2) is 71.8 Å². The van der Waals surface area contributed by atoms with Gasteiger partial charge in [0.05, 0.1) is 10.8 Å². The second-order valence-electron chi connectivity index (χ2n) is 7.55. The van der Waals surface area contributed by atoms with Crippen LogP contribution in [-0.2, 0) is 11.2 Å². The van der Waals surface area contributed by atoms with Gasteiger partial charge in [0, 0.05) is 11.4 Å². The van der Waals surface area contributed by atoms with Gasteiger partial charge < -0.3 is 10.1 Å². The Labute approximate surface area is 187 Å². The van der Waals surface area contributed by atoms with Crippen LogP contribution in [0.5, 0.6) is 11.5 Å². The summed E-state index contributed by atoms with van der Waals surface area (Å²) in [6, 6.07) is 22.6. The molecule has 158 valence electrons. The Hall–Kier alpha value is -3.30. The maximum Gasteiger partial charge on any atom is 0.237 e. The fourth-order valence-corrected chi connectivity index (χ4v) is 3.79. The number of rotatable bonds is 8. The van der Waals surface area contributed by atoms with E-state index in [1.54, 1.807) is 18.2 Å². The Kier molecular flexibility index (Phi) is 7.69. The molecule has 0 aliphatic heterocycles. The number of pyridine rings is 1. The van der Waals surface area contributed by atoms with Crippen molar-refractivity contribution >= 4 is 23.4 Å². The highest BCUT2D eigenvalue weighted by molar-refractivity contribution is 8.00. The van der Waals surface area contributed by atoms with E-state index in [0.717, 1.165) is 17.9 Å². The van der Waals surface area contributed by atoms with Crippen LogP contribution in [0.3, 0.4) is 0 Å². The number of hydrogen-bond donors (Lipinski definition) is 1. The van der Waals surface area contributed by atoms with Crippen LogP contribution >= 0.6 is 11.8 Å². The van der Waals surface area contributed by atoms with Crippen molar-refractivity contribution in [3.05, 3.63) is 78.0 Å². The molecule has 6 heteroatoms. The molecule has 0 aliphatic rings. The summed E-state index contributed by atoms with van der Waals surface area (Å²) < 4.78 is 5.77. The lowest BCUT2D eigenvalue weighted by Gasteiger charge is -2.14. The number of nitrogens with one attached hydrogen (secondary N) is 1. The lowest BCUT2D eigenvalue weighted by Crippen LogP contribution is -2.22. The van der Waals surface area contributed by atoms with Gasteiger partial charge >= 0.3 is 0 Å². The summed E-state index contributed by atoms with van der Waals surface area (Å²) in [6.45, 7) is 6.06. The Morgan fingerprint density at radius 1 is 1.03 bits per heavy atom. The average molecular weight is 432 g/mol. The Bertz CT molecular complexity index is 1060. The standard InChI is InChI=1S/C25H25N3O2S/c1-17(2)15-21-10-9-19(16-26)25(28-21)31-18(3)24(29)27-20-11-13-23(14-12-20)30-22-7-5-4-6-8-22/h4-14,17-18H,15H2,1-3H3,(H,27,29). The van der Waals surface area contributed by atoms with Crippen molar-refractivity contribution < 1.29 is 9.53 Å². The summed E-state index contributed by atoms with van der Waals surface area (Å²) in [4.78, 5) is 17.3. The molecule has 1 N–H and O–H groups in total. The molecule has 3 rings (SSSR count). The van der Waals surface area contributed by atoms with E-state index >= 15 is 0 Å². The van der Waals surface area contributed by atoms with E-state index in [1.807, 2.05) is 55.5 Å². The van der Waals surface area contributed by atoms with Gasteiger partial charge in [0.2, 0.25) is 5.91 Å². The van der Waals surface area contributed by atoms with Crippen molar-refractivity contribution in [1.29, 1.82) is 5.26 Å². The zero-order chi connectivity index (χ0) is 22.2. The predicted octanol–water partition coefficient (Wildman–Crippen LogP) is 6.06. The van der Waals surface area contributed by atoms with E-state index in [1.165, 1.54) is 11.8 Å². The number of amides is 1.